The van der Waals surface area contributed by atoms with Crippen LogP contribution in [0.15, 0.2) is 18.2 Å². The van der Waals surface area contributed by atoms with Crippen molar-refractivity contribution in [2.45, 2.75) is 46.3 Å². The second-order valence-corrected chi connectivity index (χ2v) is 4.77. The summed E-state index contributed by atoms with van der Waals surface area (Å²) in [5, 5.41) is 12.1. The van der Waals surface area contributed by atoms with Crippen LogP contribution in [0.2, 0.25) is 0 Å². The van der Waals surface area contributed by atoms with E-state index in [1.165, 1.54) is 0 Å². The van der Waals surface area contributed by atoms with E-state index < -0.39 is 0 Å². The summed E-state index contributed by atoms with van der Waals surface area (Å²) in [6, 6.07) is 5.71. The number of aryl methyl sites for hydroxylation is 1. The summed E-state index contributed by atoms with van der Waals surface area (Å²) in [7, 11) is 0. The van der Waals surface area contributed by atoms with Gasteiger partial charge in [0.05, 0.1) is 6.61 Å². The third kappa shape index (κ3) is 4.91. The summed E-state index contributed by atoms with van der Waals surface area (Å²) in [6.45, 7) is 5.84. The molecule has 106 valence electrons. The van der Waals surface area contributed by atoms with Gasteiger partial charge >= 0.3 is 0 Å². The van der Waals surface area contributed by atoms with Gasteiger partial charge in [0.25, 0.3) is 5.91 Å². The van der Waals surface area contributed by atoms with E-state index in [1.807, 2.05) is 26.0 Å². The Labute approximate surface area is 114 Å². The number of nitrogens with one attached hydrogen (secondary N) is 1. The molecule has 0 bridgehead atoms. The van der Waals surface area contributed by atoms with Crippen LogP contribution in [0, 0.1) is 6.92 Å². The van der Waals surface area contributed by atoms with E-state index >= 15 is 0 Å². The van der Waals surface area contributed by atoms with Crippen LogP contribution in [0.3, 0.4) is 0 Å². The average molecular weight is 265 g/mol. The Kier molecular flexibility index (Phi) is 6.36. The second-order valence-electron chi connectivity index (χ2n) is 4.77. The predicted molar refractivity (Wildman–Crippen MR) is 75.1 cm³/mol. The van der Waals surface area contributed by atoms with E-state index in [-0.39, 0.29) is 25.2 Å². The molecule has 1 aromatic rings. The lowest BCUT2D eigenvalue weighted by atomic mass is 10.1. The molecule has 1 atom stereocenters. The van der Waals surface area contributed by atoms with E-state index in [2.05, 4.69) is 12.2 Å². The summed E-state index contributed by atoms with van der Waals surface area (Å²) < 4.78 is 5.53. The molecule has 0 aliphatic rings. The number of carbonyl (C=O) groups excluding carboxylic acids is 1. The zero-order chi connectivity index (χ0) is 14.3. The zero-order valence-corrected chi connectivity index (χ0v) is 11.9. The minimum absolute atomic E-state index is 0.0219. The molecule has 0 spiro atoms. The molecule has 0 radical (unpaired) electrons. The van der Waals surface area contributed by atoms with Gasteiger partial charge in [-0.3, -0.25) is 4.79 Å². The first-order chi connectivity index (χ1) is 9.08. The van der Waals surface area contributed by atoms with Gasteiger partial charge in [0.1, 0.15) is 5.75 Å². The van der Waals surface area contributed by atoms with E-state index in [0.717, 1.165) is 18.4 Å². The molecule has 0 heterocycles. The van der Waals surface area contributed by atoms with Crippen molar-refractivity contribution in [1.82, 2.24) is 5.32 Å². The normalized spacial score (nSPS) is 12.0. The van der Waals surface area contributed by atoms with Gasteiger partial charge in [-0.2, -0.15) is 0 Å². The summed E-state index contributed by atoms with van der Waals surface area (Å²) in [6.07, 6.45) is 1.99. The molecule has 19 heavy (non-hydrogen) atoms. The van der Waals surface area contributed by atoms with E-state index in [0.29, 0.717) is 11.3 Å². The summed E-state index contributed by atoms with van der Waals surface area (Å²) in [5.74, 6) is 0.469. The number of aliphatic hydroxyl groups is 1. The number of aliphatic hydroxyl groups excluding tert-OH is 1. The van der Waals surface area contributed by atoms with Crippen molar-refractivity contribution in [1.29, 1.82) is 0 Å². The predicted octanol–water partition coefficient (Wildman–Crippen LogP) is 2.17. The number of ether oxygens (including phenoxy) is 1. The van der Waals surface area contributed by atoms with Crippen molar-refractivity contribution in [3.8, 4) is 5.75 Å². The third-order valence-corrected chi connectivity index (χ3v) is 2.94. The summed E-state index contributed by atoms with van der Waals surface area (Å²) in [5.41, 5.74) is 1.62. The van der Waals surface area contributed by atoms with Gasteiger partial charge in [0.2, 0.25) is 0 Å². The number of hydrogen-bond donors (Lipinski definition) is 2. The largest absolute Gasteiger partial charge is 0.483 e. The van der Waals surface area contributed by atoms with Gasteiger partial charge in [-0.1, -0.05) is 31.5 Å². The van der Waals surface area contributed by atoms with Gasteiger partial charge in [-0.15, -0.1) is 0 Å². The molecule has 4 nitrogen and oxygen atoms in total. The Morgan fingerprint density at radius 1 is 1.47 bits per heavy atom. The molecule has 0 aliphatic carbocycles. The lowest BCUT2D eigenvalue weighted by Gasteiger charge is -2.15. The van der Waals surface area contributed by atoms with Crippen LogP contribution in [0.1, 0.15) is 37.8 Å². The number of carbonyl (C=O) groups is 1. The summed E-state index contributed by atoms with van der Waals surface area (Å²) >= 11 is 0. The quantitative estimate of drug-likeness (QED) is 0.794. The maximum Gasteiger partial charge on any atom is 0.258 e. The summed E-state index contributed by atoms with van der Waals surface area (Å²) in [4.78, 5) is 11.7. The molecule has 1 unspecified atom stereocenters. The highest BCUT2D eigenvalue weighted by atomic mass is 16.5. The Hall–Kier alpha value is -1.55. The van der Waals surface area contributed by atoms with Crippen LogP contribution in [0.4, 0.5) is 0 Å². The molecule has 2 N–H and O–H groups in total. The topological polar surface area (TPSA) is 58.6 Å². The Balaban J connectivity index is 2.55. The van der Waals surface area contributed by atoms with Gasteiger partial charge < -0.3 is 15.2 Å². The maximum absolute atomic E-state index is 11.7. The molecule has 0 fully saturated rings. The molecule has 4 heteroatoms. The lowest BCUT2D eigenvalue weighted by Crippen LogP contribution is -2.36. The van der Waals surface area contributed by atoms with Crippen molar-refractivity contribution in [2.75, 3.05) is 6.61 Å². The van der Waals surface area contributed by atoms with Crippen molar-refractivity contribution in [2.24, 2.45) is 0 Å². The van der Waals surface area contributed by atoms with Crippen LogP contribution in [0.5, 0.6) is 5.75 Å². The van der Waals surface area contributed by atoms with Gasteiger partial charge in [-0.05, 0) is 25.8 Å². The minimum atomic E-state index is -0.131. The van der Waals surface area contributed by atoms with Crippen molar-refractivity contribution in [3.05, 3.63) is 29.3 Å². The number of hydrogen-bond acceptors (Lipinski definition) is 3. The smallest absolute Gasteiger partial charge is 0.258 e. The molecular weight excluding hydrogens is 242 g/mol. The monoisotopic (exact) mass is 265 g/mol. The molecule has 0 aliphatic heterocycles. The van der Waals surface area contributed by atoms with E-state index in [1.54, 1.807) is 6.07 Å². The highest BCUT2D eigenvalue weighted by Gasteiger charge is 2.10. The fourth-order valence-electron chi connectivity index (χ4n) is 2.00. The van der Waals surface area contributed by atoms with E-state index in [9.17, 15) is 9.90 Å². The Morgan fingerprint density at radius 3 is 2.84 bits per heavy atom. The standard InChI is InChI=1S/C15H23NO3/c1-4-6-12(3)16-14(18)10-19-15-11(2)7-5-8-13(15)9-17/h5,7-8,12,17H,4,6,9-10H2,1-3H3,(H,16,18). The van der Waals surface area contributed by atoms with Gasteiger partial charge in [0, 0.05) is 11.6 Å². The van der Waals surface area contributed by atoms with Gasteiger partial charge in [0.15, 0.2) is 6.61 Å². The fraction of sp³-hybridized carbons (Fsp3) is 0.533. The Bertz CT molecular complexity index is 418. The number of benzene rings is 1. The van der Waals surface area contributed by atoms with Crippen molar-refractivity contribution < 1.29 is 14.6 Å². The third-order valence-electron chi connectivity index (χ3n) is 2.94. The van der Waals surface area contributed by atoms with Crippen LogP contribution < -0.4 is 10.1 Å². The second kappa shape index (κ2) is 7.79. The SMILES string of the molecule is CCCC(C)NC(=O)COc1c(C)cccc1CO. The van der Waals surface area contributed by atoms with Crippen LogP contribution in [0.25, 0.3) is 0 Å². The lowest BCUT2D eigenvalue weighted by molar-refractivity contribution is -0.123. The molecule has 1 aromatic carbocycles. The van der Waals surface area contributed by atoms with Crippen LogP contribution in [-0.4, -0.2) is 23.7 Å². The fourth-order valence-corrected chi connectivity index (χ4v) is 2.00. The first-order valence-electron chi connectivity index (χ1n) is 6.70. The first kappa shape index (κ1) is 15.5. The minimum Gasteiger partial charge on any atom is -0.483 e. The number of amides is 1. The van der Waals surface area contributed by atoms with E-state index in [4.69, 9.17) is 4.74 Å². The van der Waals surface area contributed by atoms with Crippen LogP contribution in [-0.2, 0) is 11.4 Å². The number of para-hydroxylation sites is 1. The molecule has 0 aromatic heterocycles. The maximum atomic E-state index is 11.7. The van der Waals surface area contributed by atoms with Crippen LogP contribution >= 0.6 is 0 Å². The Morgan fingerprint density at radius 2 is 2.21 bits per heavy atom. The highest BCUT2D eigenvalue weighted by Crippen LogP contribution is 2.23. The van der Waals surface area contributed by atoms with Crippen molar-refractivity contribution >= 4 is 5.91 Å². The zero-order valence-electron chi connectivity index (χ0n) is 11.9. The van der Waals surface area contributed by atoms with Gasteiger partial charge in [-0.25, -0.2) is 0 Å². The first-order valence-corrected chi connectivity index (χ1v) is 6.70. The highest BCUT2D eigenvalue weighted by molar-refractivity contribution is 5.77. The van der Waals surface area contributed by atoms with Crippen molar-refractivity contribution in [3.63, 3.8) is 0 Å². The average Bonchev–Trinajstić information content (AvgIpc) is 2.37. The molecule has 1 rings (SSSR count). The molecule has 1 amide bonds. The molecule has 0 saturated carbocycles. The molecular formula is C15H23NO3. The number of rotatable bonds is 7. The molecule has 0 saturated heterocycles.